The van der Waals surface area contributed by atoms with Crippen molar-refractivity contribution >= 4 is 49.0 Å². The summed E-state index contributed by atoms with van der Waals surface area (Å²) in [5.74, 6) is 0. The molecule has 0 aliphatic carbocycles. The first kappa shape index (κ1) is 16.3. The van der Waals surface area contributed by atoms with Gasteiger partial charge >= 0.3 is 0 Å². The highest BCUT2D eigenvalue weighted by atomic mass is 79.9. The fourth-order valence-corrected chi connectivity index (χ4v) is 3.61. The van der Waals surface area contributed by atoms with Gasteiger partial charge in [-0.1, -0.05) is 45.2 Å². The Balaban J connectivity index is 2.94. The Morgan fingerprint density at radius 1 is 1.28 bits per heavy atom. The van der Waals surface area contributed by atoms with E-state index in [0.717, 1.165) is 5.56 Å². The second kappa shape index (κ2) is 5.70. The molecule has 0 aromatic heterocycles. The lowest BCUT2D eigenvalue weighted by Gasteiger charge is -2.28. The molecule has 1 atom stereocenters. The molecule has 102 valence electrons. The fraction of sp³-hybridized carbons (Fsp3) is 0.500. The Bertz CT molecular complexity index is 541. The van der Waals surface area contributed by atoms with Gasteiger partial charge in [0.2, 0.25) is 0 Å². The topological polar surface area (TPSA) is 34.1 Å². The number of halogens is 3. The van der Waals surface area contributed by atoms with Gasteiger partial charge in [-0.15, -0.1) is 0 Å². The smallest absolute Gasteiger partial charge is 0.153 e. The van der Waals surface area contributed by atoms with Crippen LogP contribution in [0.15, 0.2) is 18.2 Å². The molecule has 0 saturated heterocycles. The van der Waals surface area contributed by atoms with Crippen LogP contribution in [0.25, 0.3) is 0 Å². The van der Waals surface area contributed by atoms with Gasteiger partial charge in [0, 0.05) is 11.1 Å². The molecule has 0 saturated carbocycles. The molecule has 1 rings (SSSR count). The van der Waals surface area contributed by atoms with Crippen LogP contribution < -0.4 is 0 Å². The molecule has 6 heteroatoms. The standard InChI is InChI=1S/C12H15BrCl2O2S/c1-12(2,18(3,16)17)11(13)7-8-4-5-9(14)10(15)6-8/h4-6,11H,7H2,1-3H3. The third-order valence-corrected chi connectivity index (χ3v) is 7.82. The maximum atomic E-state index is 11.7. The van der Waals surface area contributed by atoms with Gasteiger partial charge in [-0.2, -0.15) is 0 Å². The summed E-state index contributed by atoms with van der Waals surface area (Å²) in [5, 5.41) is 0.972. The van der Waals surface area contributed by atoms with Crippen LogP contribution >= 0.6 is 39.1 Å². The third-order valence-electron chi connectivity index (χ3n) is 3.11. The molecular formula is C12H15BrCl2O2S. The lowest BCUT2D eigenvalue weighted by Crippen LogP contribution is -2.41. The van der Waals surface area contributed by atoms with E-state index < -0.39 is 14.6 Å². The van der Waals surface area contributed by atoms with E-state index in [-0.39, 0.29) is 4.83 Å². The molecule has 0 aliphatic rings. The minimum absolute atomic E-state index is 0.197. The van der Waals surface area contributed by atoms with Crippen molar-refractivity contribution in [2.45, 2.75) is 29.8 Å². The van der Waals surface area contributed by atoms with Gasteiger partial charge in [-0.25, -0.2) is 8.42 Å². The molecule has 0 heterocycles. The van der Waals surface area contributed by atoms with Crippen molar-refractivity contribution in [1.29, 1.82) is 0 Å². The van der Waals surface area contributed by atoms with E-state index in [9.17, 15) is 8.42 Å². The number of hydrogen-bond acceptors (Lipinski definition) is 2. The molecule has 2 nitrogen and oxygen atoms in total. The minimum Gasteiger partial charge on any atom is -0.229 e. The molecule has 1 unspecified atom stereocenters. The van der Waals surface area contributed by atoms with Crippen LogP contribution in [0.5, 0.6) is 0 Å². The minimum atomic E-state index is -3.15. The molecule has 0 bridgehead atoms. The van der Waals surface area contributed by atoms with Gasteiger partial charge in [0.05, 0.1) is 14.8 Å². The lowest BCUT2D eigenvalue weighted by molar-refractivity contribution is 0.542. The quantitative estimate of drug-likeness (QED) is 0.743. The first-order valence-corrected chi connectivity index (χ1v) is 8.89. The normalized spacial score (nSPS) is 14.6. The zero-order valence-electron chi connectivity index (χ0n) is 10.4. The summed E-state index contributed by atoms with van der Waals surface area (Å²) in [7, 11) is -3.15. The van der Waals surface area contributed by atoms with Crippen LogP contribution in [-0.4, -0.2) is 24.2 Å². The van der Waals surface area contributed by atoms with E-state index in [2.05, 4.69) is 15.9 Å². The fourth-order valence-electron chi connectivity index (χ4n) is 1.35. The third kappa shape index (κ3) is 3.62. The van der Waals surface area contributed by atoms with Crippen molar-refractivity contribution in [3.8, 4) is 0 Å². The van der Waals surface area contributed by atoms with Crippen molar-refractivity contribution in [2.75, 3.05) is 6.26 Å². The van der Waals surface area contributed by atoms with Crippen molar-refractivity contribution in [3.63, 3.8) is 0 Å². The SMILES string of the molecule is CC(C)(C(Br)Cc1ccc(Cl)c(Cl)c1)S(C)(=O)=O. The van der Waals surface area contributed by atoms with Crippen LogP contribution in [0.3, 0.4) is 0 Å². The van der Waals surface area contributed by atoms with Crippen molar-refractivity contribution in [2.24, 2.45) is 0 Å². The zero-order chi connectivity index (χ0) is 14.1. The van der Waals surface area contributed by atoms with E-state index in [4.69, 9.17) is 23.2 Å². The van der Waals surface area contributed by atoms with E-state index >= 15 is 0 Å². The van der Waals surface area contributed by atoms with Crippen molar-refractivity contribution < 1.29 is 8.42 Å². The Hall–Kier alpha value is 0.230. The van der Waals surface area contributed by atoms with Crippen LogP contribution in [0.4, 0.5) is 0 Å². The van der Waals surface area contributed by atoms with Crippen LogP contribution in [-0.2, 0) is 16.3 Å². The monoisotopic (exact) mass is 372 g/mol. The highest BCUT2D eigenvalue weighted by Crippen LogP contribution is 2.30. The predicted molar refractivity (Wildman–Crippen MR) is 81.8 cm³/mol. The first-order valence-electron chi connectivity index (χ1n) is 5.33. The summed E-state index contributed by atoms with van der Waals surface area (Å²) in [6.45, 7) is 3.42. The molecule has 0 N–H and O–H groups in total. The van der Waals surface area contributed by atoms with Gasteiger partial charge in [0.15, 0.2) is 9.84 Å². The average Bonchev–Trinajstić information content (AvgIpc) is 2.21. The molecule has 0 radical (unpaired) electrons. The van der Waals surface area contributed by atoms with E-state index in [1.807, 2.05) is 6.07 Å². The summed E-state index contributed by atoms with van der Waals surface area (Å²) in [4.78, 5) is -0.197. The summed E-state index contributed by atoms with van der Waals surface area (Å²) in [5.41, 5.74) is 0.947. The highest BCUT2D eigenvalue weighted by molar-refractivity contribution is 9.09. The first-order chi connectivity index (χ1) is 8.05. The van der Waals surface area contributed by atoms with Gasteiger partial charge in [0.1, 0.15) is 0 Å². The molecule has 1 aromatic carbocycles. The average molecular weight is 374 g/mol. The lowest BCUT2D eigenvalue weighted by atomic mass is 10.0. The number of rotatable bonds is 4. The molecule has 0 spiro atoms. The zero-order valence-corrected chi connectivity index (χ0v) is 14.3. The van der Waals surface area contributed by atoms with Crippen LogP contribution in [0.1, 0.15) is 19.4 Å². The van der Waals surface area contributed by atoms with Gasteiger partial charge < -0.3 is 0 Å². The second-order valence-electron chi connectivity index (χ2n) is 4.80. The van der Waals surface area contributed by atoms with Gasteiger partial charge in [-0.3, -0.25) is 0 Å². The second-order valence-corrected chi connectivity index (χ2v) is 9.31. The number of alkyl halides is 1. The largest absolute Gasteiger partial charge is 0.229 e. The molecule has 1 aromatic rings. The Morgan fingerprint density at radius 2 is 1.83 bits per heavy atom. The molecule has 0 aliphatic heterocycles. The maximum Gasteiger partial charge on any atom is 0.153 e. The summed E-state index contributed by atoms with van der Waals surface area (Å²) >= 11 is 15.2. The molecule has 0 amide bonds. The predicted octanol–water partition coefficient (Wildman–Crippen LogP) is 4.12. The van der Waals surface area contributed by atoms with E-state index in [1.165, 1.54) is 6.26 Å². The Morgan fingerprint density at radius 3 is 2.28 bits per heavy atom. The van der Waals surface area contributed by atoms with Crippen LogP contribution in [0, 0.1) is 0 Å². The number of benzene rings is 1. The molecule has 0 fully saturated rings. The molecule has 18 heavy (non-hydrogen) atoms. The summed E-state index contributed by atoms with van der Waals surface area (Å²) in [6, 6.07) is 5.32. The maximum absolute atomic E-state index is 11.7. The Labute approximate surface area is 127 Å². The highest BCUT2D eigenvalue weighted by Gasteiger charge is 2.37. The number of sulfone groups is 1. The summed E-state index contributed by atoms with van der Waals surface area (Å²) in [6.07, 6.45) is 1.81. The van der Waals surface area contributed by atoms with Gasteiger partial charge in [-0.05, 0) is 38.0 Å². The Kier molecular flexibility index (Phi) is 5.15. The van der Waals surface area contributed by atoms with Gasteiger partial charge in [0.25, 0.3) is 0 Å². The molecular weight excluding hydrogens is 359 g/mol. The van der Waals surface area contributed by atoms with E-state index in [1.54, 1.807) is 26.0 Å². The van der Waals surface area contributed by atoms with Crippen molar-refractivity contribution in [3.05, 3.63) is 33.8 Å². The van der Waals surface area contributed by atoms with E-state index in [0.29, 0.717) is 16.5 Å². The summed E-state index contributed by atoms with van der Waals surface area (Å²) < 4.78 is 22.6. The van der Waals surface area contributed by atoms with Crippen LogP contribution in [0.2, 0.25) is 10.0 Å². The number of hydrogen-bond donors (Lipinski definition) is 0. The van der Waals surface area contributed by atoms with Crippen molar-refractivity contribution in [1.82, 2.24) is 0 Å².